The topological polar surface area (TPSA) is 30.7 Å². The molecule has 0 spiro atoms. The first-order valence-corrected chi connectivity index (χ1v) is 6.55. The van der Waals surface area contributed by atoms with Crippen molar-refractivity contribution >= 4 is 39.3 Å². The Balaban J connectivity index is 2.30. The van der Waals surface area contributed by atoms with Crippen LogP contribution >= 0.6 is 39.3 Å². The summed E-state index contributed by atoms with van der Waals surface area (Å²) in [6.07, 6.45) is 0. The van der Waals surface area contributed by atoms with Crippen LogP contribution in [-0.2, 0) is 7.05 Å². The summed E-state index contributed by atoms with van der Waals surface area (Å²) < 4.78 is 2.91. The minimum Gasteiger partial charge on any atom is -0.309 e. The van der Waals surface area contributed by atoms with E-state index in [2.05, 4.69) is 26.1 Å². The number of aromatic nitrogens is 3. The van der Waals surface area contributed by atoms with Gasteiger partial charge in [-0.2, -0.15) is 0 Å². The van der Waals surface area contributed by atoms with Gasteiger partial charge in [-0.05, 0) is 52.8 Å². The predicted octanol–water partition coefficient (Wildman–Crippen LogP) is 3.69. The molecule has 0 amide bonds. The van der Waals surface area contributed by atoms with Crippen LogP contribution in [0.3, 0.4) is 0 Å². The van der Waals surface area contributed by atoms with Gasteiger partial charge in [-0.25, -0.2) is 0 Å². The van der Waals surface area contributed by atoms with Gasteiger partial charge in [-0.1, -0.05) is 11.6 Å². The summed E-state index contributed by atoms with van der Waals surface area (Å²) in [7, 11) is 1.95. The molecule has 84 valence electrons. The lowest BCUT2D eigenvalue weighted by Gasteiger charge is -2.04. The van der Waals surface area contributed by atoms with Crippen LogP contribution in [0.5, 0.6) is 0 Å². The van der Waals surface area contributed by atoms with E-state index in [1.807, 2.05) is 36.7 Å². The molecule has 0 atom stereocenters. The molecule has 2 aromatic rings. The molecule has 1 aromatic heterocycles. The molecule has 2 rings (SSSR count). The average Bonchev–Trinajstić information content (AvgIpc) is 2.54. The second kappa shape index (κ2) is 4.77. The number of hydrogen-bond acceptors (Lipinski definition) is 3. The van der Waals surface area contributed by atoms with Gasteiger partial charge in [-0.3, -0.25) is 0 Å². The predicted molar refractivity (Wildman–Crippen MR) is 69.0 cm³/mol. The maximum Gasteiger partial charge on any atom is 0.195 e. The fourth-order valence-corrected chi connectivity index (χ4v) is 2.90. The van der Waals surface area contributed by atoms with E-state index in [-0.39, 0.29) is 0 Å². The SMILES string of the molecule is Cc1nnc(Sc2ccc(Cl)cc2Br)n1C. The van der Waals surface area contributed by atoms with Crippen LogP contribution in [0, 0.1) is 6.92 Å². The van der Waals surface area contributed by atoms with Crippen LogP contribution in [-0.4, -0.2) is 14.8 Å². The molecule has 1 heterocycles. The molecule has 0 aliphatic rings. The van der Waals surface area contributed by atoms with Crippen molar-refractivity contribution in [2.45, 2.75) is 17.0 Å². The monoisotopic (exact) mass is 317 g/mol. The molecule has 0 aliphatic carbocycles. The van der Waals surface area contributed by atoms with Gasteiger partial charge < -0.3 is 4.57 Å². The van der Waals surface area contributed by atoms with Gasteiger partial charge in [0.05, 0.1) is 0 Å². The summed E-state index contributed by atoms with van der Waals surface area (Å²) in [5.74, 6) is 0.896. The molecule has 0 saturated carbocycles. The second-order valence-corrected chi connectivity index (χ2v) is 5.57. The molecule has 0 aliphatic heterocycles. The molecule has 0 unspecified atom stereocenters. The van der Waals surface area contributed by atoms with Crippen molar-refractivity contribution in [2.24, 2.45) is 7.05 Å². The summed E-state index contributed by atoms with van der Waals surface area (Å²) in [6, 6.07) is 5.69. The molecule has 16 heavy (non-hydrogen) atoms. The minimum atomic E-state index is 0.713. The Bertz CT molecular complexity index is 527. The summed E-state index contributed by atoms with van der Waals surface area (Å²) in [5.41, 5.74) is 0. The molecular weight excluding hydrogens is 310 g/mol. The second-order valence-electron chi connectivity index (χ2n) is 3.27. The van der Waals surface area contributed by atoms with E-state index in [1.165, 1.54) is 0 Å². The number of rotatable bonds is 2. The van der Waals surface area contributed by atoms with Crippen LogP contribution < -0.4 is 0 Å². The normalized spacial score (nSPS) is 10.8. The fraction of sp³-hybridized carbons (Fsp3) is 0.200. The standard InChI is InChI=1S/C10H9BrClN3S/c1-6-13-14-10(15(6)2)16-9-4-3-7(12)5-8(9)11/h3-5H,1-2H3. The van der Waals surface area contributed by atoms with E-state index in [9.17, 15) is 0 Å². The first-order chi connectivity index (χ1) is 7.58. The van der Waals surface area contributed by atoms with E-state index >= 15 is 0 Å². The molecule has 0 saturated heterocycles. The Hall–Kier alpha value is -0.520. The molecule has 0 bridgehead atoms. The zero-order valence-electron chi connectivity index (χ0n) is 8.74. The lowest BCUT2D eigenvalue weighted by Crippen LogP contribution is -1.93. The number of aryl methyl sites for hydroxylation is 1. The highest BCUT2D eigenvalue weighted by Crippen LogP contribution is 2.33. The van der Waals surface area contributed by atoms with E-state index in [0.717, 1.165) is 20.3 Å². The van der Waals surface area contributed by atoms with E-state index < -0.39 is 0 Å². The van der Waals surface area contributed by atoms with Gasteiger partial charge in [0.1, 0.15) is 5.82 Å². The zero-order valence-corrected chi connectivity index (χ0v) is 11.9. The van der Waals surface area contributed by atoms with Crippen molar-refractivity contribution in [1.29, 1.82) is 0 Å². The quantitative estimate of drug-likeness (QED) is 0.846. The highest BCUT2D eigenvalue weighted by molar-refractivity contribution is 9.10. The Labute approximate surface area is 111 Å². The van der Waals surface area contributed by atoms with Crippen molar-refractivity contribution in [3.63, 3.8) is 0 Å². The maximum absolute atomic E-state index is 5.88. The molecule has 6 heteroatoms. The zero-order chi connectivity index (χ0) is 11.7. The van der Waals surface area contributed by atoms with Crippen molar-refractivity contribution in [2.75, 3.05) is 0 Å². The third kappa shape index (κ3) is 2.42. The number of halogens is 2. The van der Waals surface area contributed by atoms with Gasteiger partial charge in [0.25, 0.3) is 0 Å². The highest BCUT2D eigenvalue weighted by Gasteiger charge is 2.09. The van der Waals surface area contributed by atoms with E-state index in [4.69, 9.17) is 11.6 Å². The summed E-state index contributed by atoms with van der Waals surface area (Å²) >= 11 is 10.9. The van der Waals surface area contributed by atoms with Crippen molar-refractivity contribution in [3.05, 3.63) is 33.5 Å². The van der Waals surface area contributed by atoms with E-state index in [0.29, 0.717) is 5.02 Å². The summed E-state index contributed by atoms with van der Waals surface area (Å²) in [5, 5.41) is 9.68. The maximum atomic E-state index is 5.88. The van der Waals surface area contributed by atoms with Gasteiger partial charge in [0, 0.05) is 21.4 Å². The summed E-state index contributed by atoms with van der Waals surface area (Å²) in [4.78, 5) is 1.07. The van der Waals surface area contributed by atoms with Gasteiger partial charge in [-0.15, -0.1) is 10.2 Å². The number of hydrogen-bond donors (Lipinski definition) is 0. The number of nitrogens with zero attached hydrogens (tertiary/aromatic N) is 3. The fourth-order valence-electron chi connectivity index (χ4n) is 1.13. The Morgan fingerprint density at radius 1 is 1.38 bits per heavy atom. The van der Waals surface area contributed by atoms with Crippen LogP contribution in [0.4, 0.5) is 0 Å². The van der Waals surface area contributed by atoms with Gasteiger partial charge in [0.15, 0.2) is 5.16 Å². The Morgan fingerprint density at radius 2 is 2.12 bits per heavy atom. The minimum absolute atomic E-state index is 0.713. The molecule has 0 fully saturated rings. The lowest BCUT2D eigenvalue weighted by atomic mass is 10.4. The average molecular weight is 319 g/mol. The molecule has 1 aromatic carbocycles. The number of benzene rings is 1. The molecule has 3 nitrogen and oxygen atoms in total. The third-order valence-electron chi connectivity index (χ3n) is 2.15. The Morgan fingerprint density at radius 3 is 2.69 bits per heavy atom. The smallest absolute Gasteiger partial charge is 0.195 e. The molecule has 0 N–H and O–H groups in total. The largest absolute Gasteiger partial charge is 0.309 e. The van der Waals surface area contributed by atoms with Gasteiger partial charge in [0.2, 0.25) is 0 Å². The highest BCUT2D eigenvalue weighted by atomic mass is 79.9. The lowest BCUT2D eigenvalue weighted by molar-refractivity contribution is 0.765. The van der Waals surface area contributed by atoms with Crippen LogP contribution in [0.1, 0.15) is 5.82 Å². The molecular formula is C10H9BrClN3S. The molecule has 0 radical (unpaired) electrons. The third-order valence-corrected chi connectivity index (χ3v) is 4.42. The summed E-state index contributed by atoms with van der Waals surface area (Å²) in [6.45, 7) is 1.92. The first-order valence-electron chi connectivity index (χ1n) is 4.57. The van der Waals surface area contributed by atoms with Crippen molar-refractivity contribution in [3.8, 4) is 0 Å². The van der Waals surface area contributed by atoms with E-state index in [1.54, 1.807) is 11.8 Å². The van der Waals surface area contributed by atoms with Crippen molar-refractivity contribution < 1.29 is 0 Å². The first kappa shape index (κ1) is 12.0. The van der Waals surface area contributed by atoms with Crippen molar-refractivity contribution in [1.82, 2.24) is 14.8 Å². The van der Waals surface area contributed by atoms with Crippen LogP contribution in [0.25, 0.3) is 0 Å². The van der Waals surface area contributed by atoms with Crippen LogP contribution in [0.15, 0.2) is 32.7 Å². The van der Waals surface area contributed by atoms with Crippen LogP contribution in [0.2, 0.25) is 5.02 Å². The Kier molecular flexibility index (Phi) is 3.56. The van der Waals surface area contributed by atoms with Gasteiger partial charge >= 0.3 is 0 Å².